The number of nitrogens with one attached hydrogen (secondary N) is 1. The highest BCUT2D eigenvalue weighted by Gasteiger charge is 2.23. The van der Waals surface area contributed by atoms with Crippen molar-refractivity contribution in [3.05, 3.63) is 34.7 Å². The van der Waals surface area contributed by atoms with Crippen molar-refractivity contribution < 1.29 is 4.79 Å². The van der Waals surface area contributed by atoms with Gasteiger partial charge in [0.05, 0.1) is 5.02 Å². The maximum absolute atomic E-state index is 11.9. The summed E-state index contributed by atoms with van der Waals surface area (Å²) in [4.78, 5) is 24.9. The van der Waals surface area contributed by atoms with Gasteiger partial charge in [0.25, 0.3) is 5.91 Å². The molecule has 2 aromatic rings. The largest absolute Gasteiger partial charge is 0.346 e. The smallest absolute Gasteiger partial charge is 0.277 e. The van der Waals surface area contributed by atoms with Crippen LogP contribution in [0.2, 0.25) is 5.02 Å². The van der Waals surface area contributed by atoms with Gasteiger partial charge in [-0.2, -0.15) is 0 Å². The minimum Gasteiger partial charge on any atom is -0.346 e. The molecule has 0 fully saturated rings. The van der Waals surface area contributed by atoms with Crippen LogP contribution in [0.3, 0.4) is 0 Å². The van der Waals surface area contributed by atoms with E-state index in [4.69, 9.17) is 11.6 Å². The molecule has 0 aromatic carbocycles. The molecule has 1 aliphatic rings. The molecule has 0 radical (unpaired) electrons. The van der Waals surface area contributed by atoms with Gasteiger partial charge in [0.15, 0.2) is 0 Å². The lowest BCUT2D eigenvalue weighted by Crippen LogP contribution is -2.25. The van der Waals surface area contributed by atoms with Crippen LogP contribution in [0.25, 0.3) is 17.1 Å². The van der Waals surface area contributed by atoms with Crippen LogP contribution in [0.15, 0.2) is 29.1 Å². The number of carbonyl (C=O) groups is 1. The fraction of sp³-hybridized carbons (Fsp3) is 0.154. The number of amidine groups is 1. The number of rotatable bonds is 1. The van der Waals surface area contributed by atoms with Crippen LogP contribution in [0.1, 0.15) is 12.5 Å². The molecule has 2 aromatic heterocycles. The van der Waals surface area contributed by atoms with Crippen molar-refractivity contribution in [1.82, 2.24) is 14.9 Å². The molecular formula is C13H11ClN4O. The number of fused-ring (bicyclic) bond motifs is 1. The van der Waals surface area contributed by atoms with Gasteiger partial charge in [-0.3, -0.25) is 9.69 Å². The highest BCUT2D eigenvalue weighted by molar-refractivity contribution is 6.31. The first-order chi connectivity index (χ1) is 9.06. The Morgan fingerprint density at radius 2 is 2.26 bits per heavy atom. The summed E-state index contributed by atoms with van der Waals surface area (Å²) in [6, 6.07) is 1.81. The third-order valence-corrected chi connectivity index (χ3v) is 3.32. The van der Waals surface area contributed by atoms with Crippen molar-refractivity contribution in [3.8, 4) is 0 Å². The average Bonchev–Trinajstić information content (AvgIpc) is 2.88. The van der Waals surface area contributed by atoms with Crippen molar-refractivity contribution in [2.24, 2.45) is 4.99 Å². The SMILES string of the molecule is CC1=N/C(=C\c2c[nH]c3ncc(Cl)cc23)C(=O)N1C. The van der Waals surface area contributed by atoms with Crippen LogP contribution in [0.4, 0.5) is 0 Å². The zero-order chi connectivity index (χ0) is 13.6. The number of hydrogen-bond acceptors (Lipinski definition) is 3. The molecule has 0 unspecified atom stereocenters. The maximum Gasteiger partial charge on any atom is 0.277 e. The molecule has 96 valence electrons. The molecule has 1 amide bonds. The van der Waals surface area contributed by atoms with E-state index in [1.54, 1.807) is 32.4 Å². The first-order valence-electron chi connectivity index (χ1n) is 5.74. The number of aromatic amines is 1. The predicted octanol–water partition coefficient (Wildman–Crippen LogP) is 2.45. The molecule has 0 saturated carbocycles. The lowest BCUT2D eigenvalue weighted by molar-refractivity contribution is -0.121. The molecule has 1 N–H and O–H groups in total. The maximum atomic E-state index is 11.9. The molecule has 0 atom stereocenters. The Morgan fingerprint density at radius 1 is 1.47 bits per heavy atom. The van der Waals surface area contributed by atoms with Crippen LogP contribution in [0, 0.1) is 0 Å². The number of likely N-dealkylation sites (N-methyl/N-ethyl adjacent to an activating group) is 1. The summed E-state index contributed by atoms with van der Waals surface area (Å²) in [5.74, 6) is 0.578. The van der Waals surface area contributed by atoms with Crippen LogP contribution in [0.5, 0.6) is 0 Å². The number of pyridine rings is 1. The first-order valence-corrected chi connectivity index (χ1v) is 6.12. The fourth-order valence-corrected chi connectivity index (χ4v) is 2.13. The number of aromatic nitrogens is 2. The lowest BCUT2D eigenvalue weighted by Gasteiger charge is -2.05. The summed E-state index contributed by atoms with van der Waals surface area (Å²) in [6.07, 6.45) is 5.11. The lowest BCUT2D eigenvalue weighted by atomic mass is 10.2. The second-order valence-electron chi connectivity index (χ2n) is 4.35. The predicted molar refractivity (Wildman–Crippen MR) is 75.0 cm³/mol. The fourth-order valence-electron chi connectivity index (χ4n) is 1.97. The Labute approximate surface area is 114 Å². The van der Waals surface area contributed by atoms with Gasteiger partial charge in [0.2, 0.25) is 0 Å². The number of hydrogen-bond donors (Lipinski definition) is 1. The molecule has 0 aliphatic carbocycles. The van der Waals surface area contributed by atoms with E-state index in [-0.39, 0.29) is 5.91 Å². The highest BCUT2D eigenvalue weighted by Crippen LogP contribution is 2.24. The number of aliphatic imine (C=N–C) groups is 1. The Hall–Kier alpha value is -2.14. The Bertz CT molecular complexity index is 744. The molecule has 0 saturated heterocycles. The molecule has 19 heavy (non-hydrogen) atoms. The molecule has 0 spiro atoms. The van der Waals surface area contributed by atoms with Gasteiger partial charge in [-0.15, -0.1) is 0 Å². The van der Waals surface area contributed by atoms with Crippen molar-refractivity contribution >= 4 is 40.5 Å². The van der Waals surface area contributed by atoms with E-state index >= 15 is 0 Å². The number of H-pyrrole nitrogens is 1. The summed E-state index contributed by atoms with van der Waals surface area (Å²) in [7, 11) is 1.70. The van der Waals surface area contributed by atoms with Gasteiger partial charge < -0.3 is 4.98 Å². The molecule has 0 bridgehead atoms. The third-order valence-electron chi connectivity index (χ3n) is 3.11. The van der Waals surface area contributed by atoms with E-state index in [0.717, 1.165) is 16.6 Å². The van der Waals surface area contributed by atoms with E-state index in [9.17, 15) is 4.79 Å². The number of amides is 1. The summed E-state index contributed by atoms with van der Waals surface area (Å²) >= 11 is 5.94. The zero-order valence-electron chi connectivity index (χ0n) is 10.4. The third kappa shape index (κ3) is 1.92. The molecule has 5 nitrogen and oxygen atoms in total. The topological polar surface area (TPSA) is 61.4 Å². The molecular weight excluding hydrogens is 264 g/mol. The van der Waals surface area contributed by atoms with E-state index in [1.165, 1.54) is 4.90 Å². The normalized spacial score (nSPS) is 17.6. The minimum absolute atomic E-state index is 0.109. The van der Waals surface area contributed by atoms with Gasteiger partial charge >= 0.3 is 0 Å². The van der Waals surface area contributed by atoms with Gasteiger partial charge in [-0.05, 0) is 19.1 Å². The summed E-state index contributed by atoms with van der Waals surface area (Å²) in [6.45, 7) is 1.80. The van der Waals surface area contributed by atoms with Crippen LogP contribution in [-0.2, 0) is 4.79 Å². The minimum atomic E-state index is -0.109. The van der Waals surface area contributed by atoms with Crippen molar-refractivity contribution in [1.29, 1.82) is 0 Å². The monoisotopic (exact) mass is 274 g/mol. The average molecular weight is 275 g/mol. The van der Waals surface area contributed by atoms with Gasteiger partial charge in [0.1, 0.15) is 17.2 Å². The number of halogens is 1. The second kappa shape index (κ2) is 4.20. The van der Waals surface area contributed by atoms with Crippen molar-refractivity contribution in [2.75, 3.05) is 7.05 Å². The van der Waals surface area contributed by atoms with E-state index in [2.05, 4.69) is 15.0 Å². The van der Waals surface area contributed by atoms with Crippen LogP contribution in [-0.4, -0.2) is 33.7 Å². The van der Waals surface area contributed by atoms with Crippen molar-refractivity contribution in [2.45, 2.75) is 6.92 Å². The summed E-state index contributed by atoms with van der Waals surface area (Å²) in [5, 5.41) is 1.43. The molecule has 1 aliphatic heterocycles. The second-order valence-corrected chi connectivity index (χ2v) is 4.78. The number of carbonyl (C=O) groups excluding carboxylic acids is 1. The van der Waals surface area contributed by atoms with E-state index in [1.807, 2.05) is 6.07 Å². The number of nitrogens with zero attached hydrogens (tertiary/aromatic N) is 3. The van der Waals surface area contributed by atoms with E-state index in [0.29, 0.717) is 16.6 Å². The van der Waals surface area contributed by atoms with Crippen molar-refractivity contribution in [3.63, 3.8) is 0 Å². The molecule has 6 heteroatoms. The quantitative estimate of drug-likeness (QED) is 0.812. The Kier molecular flexibility index (Phi) is 2.64. The first kappa shape index (κ1) is 11.9. The molecule has 3 heterocycles. The zero-order valence-corrected chi connectivity index (χ0v) is 11.2. The Balaban J connectivity index is 2.12. The van der Waals surface area contributed by atoms with Crippen LogP contribution >= 0.6 is 11.6 Å². The Morgan fingerprint density at radius 3 is 2.95 bits per heavy atom. The van der Waals surface area contributed by atoms with E-state index < -0.39 is 0 Å². The molecule has 3 rings (SSSR count). The highest BCUT2D eigenvalue weighted by atomic mass is 35.5. The van der Waals surface area contributed by atoms with Crippen LogP contribution < -0.4 is 0 Å². The summed E-state index contributed by atoms with van der Waals surface area (Å²) < 4.78 is 0. The van der Waals surface area contributed by atoms with Gasteiger partial charge in [-0.1, -0.05) is 11.6 Å². The standard InChI is InChI=1S/C13H11ClN4O/c1-7-17-11(13(19)18(7)2)3-8-5-15-12-10(8)4-9(14)6-16-12/h3-6H,1-2H3,(H,15,16)/b11-3-. The summed E-state index contributed by atoms with van der Waals surface area (Å²) in [5.41, 5.74) is 2.00. The van der Waals surface area contributed by atoms with Gasteiger partial charge in [-0.25, -0.2) is 9.98 Å². The van der Waals surface area contributed by atoms with Gasteiger partial charge in [0, 0.05) is 30.4 Å².